The topological polar surface area (TPSA) is 73.6 Å². The third-order valence-electron chi connectivity index (χ3n) is 4.54. The normalized spacial score (nSPS) is 11.7. The van der Waals surface area contributed by atoms with Gasteiger partial charge >= 0.3 is 0 Å². The van der Waals surface area contributed by atoms with E-state index in [-0.39, 0.29) is 24.2 Å². The highest BCUT2D eigenvalue weighted by Crippen LogP contribution is 2.21. The van der Waals surface area contributed by atoms with Crippen LogP contribution in [0.5, 0.6) is 11.5 Å². The maximum atomic E-state index is 12.7. The van der Waals surface area contributed by atoms with Gasteiger partial charge in [-0.2, -0.15) is 0 Å². The van der Waals surface area contributed by atoms with Gasteiger partial charge in [0.25, 0.3) is 5.91 Å². The smallest absolute Gasteiger partial charge is 0.274 e. The minimum atomic E-state index is -0.303. The second-order valence-corrected chi connectivity index (χ2v) is 6.64. The maximum Gasteiger partial charge on any atom is 0.274 e. The maximum absolute atomic E-state index is 12.7. The van der Waals surface area contributed by atoms with Crippen molar-refractivity contribution in [1.29, 1.82) is 0 Å². The number of aromatic nitrogens is 1. The Balaban J connectivity index is 1.69. The molecular weight excluding hydrogens is 356 g/mol. The fraction of sp³-hybridized carbons (Fsp3) is 0.273. The SMILES string of the molecule is COc1ccc(C(C)NC(=O)c2noc(C)c2COc2cccc(C)c2)cc1. The molecule has 146 valence electrons. The molecule has 0 aliphatic rings. The Labute approximate surface area is 164 Å². The number of nitrogens with one attached hydrogen (secondary N) is 1. The molecule has 1 N–H and O–H groups in total. The van der Waals surface area contributed by atoms with Crippen molar-refractivity contribution in [2.24, 2.45) is 0 Å². The van der Waals surface area contributed by atoms with E-state index < -0.39 is 0 Å². The number of methoxy groups -OCH3 is 1. The first-order valence-electron chi connectivity index (χ1n) is 9.07. The van der Waals surface area contributed by atoms with Gasteiger partial charge in [0.2, 0.25) is 0 Å². The molecule has 1 atom stereocenters. The van der Waals surface area contributed by atoms with Crippen molar-refractivity contribution in [2.75, 3.05) is 7.11 Å². The molecule has 0 aliphatic heterocycles. The number of amides is 1. The highest BCUT2D eigenvalue weighted by atomic mass is 16.5. The van der Waals surface area contributed by atoms with E-state index in [1.807, 2.05) is 62.4 Å². The predicted molar refractivity (Wildman–Crippen MR) is 106 cm³/mol. The molecule has 0 spiro atoms. The minimum absolute atomic E-state index is 0.194. The largest absolute Gasteiger partial charge is 0.497 e. The van der Waals surface area contributed by atoms with Gasteiger partial charge in [0, 0.05) is 0 Å². The van der Waals surface area contributed by atoms with E-state index >= 15 is 0 Å². The van der Waals surface area contributed by atoms with Crippen LogP contribution in [-0.2, 0) is 6.61 Å². The lowest BCUT2D eigenvalue weighted by Gasteiger charge is -2.14. The van der Waals surface area contributed by atoms with Gasteiger partial charge in [-0.25, -0.2) is 0 Å². The fourth-order valence-electron chi connectivity index (χ4n) is 2.84. The van der Waals surface area contributed by atoms with Crippen LogP contribution >= 0.6 is 0 Å². The molecule has 3 aromatic rings. The Morgan fingerprint density at radius 2 is 1.89 bits per heavy atom. The summed E-state index contributed by atoms with van der Waals surface area (Å²) in [6.07, 6.45) is 0. The molecule has 0 radical (unpaired) electrons. The van der Waals surface area contributed by atoms with Crippen LogP contribution < -0.4 is 14.8 Å². The average molecular weight is 380 g/mol. The number of hydrogen-bond donors (Lipinski definition) is 1. The van der Waals surface area contributed by atoms with Crippen molar-refractivity contribution in [3.05, 3.63) is 76.7 Å². The summed E-state index contributed by atoms with van der Waals surface area (Å²) in [6, 6.07) is 15.1. The number of hydrogen-bond acceptors (Lipinski definition) is 5. The van der Waals surface area contributed by atoms with Crippen molar-refractivity contribution in [3.63, 3.8) is 0 Å². The molecule has 1 aromatic heterocycles. The van der Waals surface area contributed by atoms with E-state index in [1.165, 1.54) is 0 Å². The van der Waals surface area contributed by atoms with Gasteiger partial charge in [0.15, 0.2) is 5.69 Å². The zero-order chi connectivity index (χ0) is 20.1. The molecular formula is C22H24N2O4. The number of nitrogens with zero attached hydrogens (tertiary/aromatic N) is 1. The lowest BCUT2D eigenvalue weighted by atomic mass is 10.1. The Morgan fingerprint density at radius 1 is 1.14 bits per heavy atom. The summed E-state index contributed by atoms with van der Waals surface area (Å²) in [5, 5.41) is 6.89. The molecule has 0 fully saturated rings. The summed E-state index contributed by atoms with van der Waals surface area (Å²) in [5.74, 6) is 1.77. The average Bonchev–Trinajstić information content (AvgIpc) is 3.07. The second-order valence-electron chi connectivity index (χ2n) is 6.64. The Morgan fingerprint density at radius 3 is 2.57 bits per heavy atom. The molecule has 3 rings (SSSR count). The molecule has 1 amide bonds. The molecule has 0 saturated carbocycles. The lowest BCUT2D eigenvalue weighted by Crippen LogP contribution is -2.28. The third-order valence-corrected chi connectivity index (χ3v) is 4.54. The molecule has 2 aromatic carbocycles. The first-order chi connectivity index (χ1) is 13.5. The number of ether oxygens (including phenoxy) is 2. The molecule has 6 heteroatoms. The van der Waals surface area contributed by atoms with Crippen molar-refractivity contribution in [3.8, 4) is 11.5 Å². The minimum Gasteiger partial charge on any atom is -0.497 e. The lowest BCUT2D eigenvalue weighted by molar-refractivity contribution is 0.0928. The highest BCUT2D eigenvalue weighted by molar-refractivity contribution is 5.94. The van der Waals surface area contributed by atoms with Gasteiger partial charge in [-0.15, -0.1) is 0 Å². The van der Waals surface area contributed by atoms with E-state index in [4.69, 9.17) is 14.0 Å². The van der Waals surface area contributed by atoms with Crippen molar-refractivity contribution < 1.29 is 18.8 Å². The van der Waals surface area contributed by atoms with Gasteiger partial charge in [0.1, 0.15) is 23.9 Å². The van der Waals surface area contributed by atoms with Gasteiger partial charge < -0.3 is 19.3 Å². The molecule has 6 nitrogen and oxygen atoms in total. The van der Waals surface area contributed by atoms with Crippen LogP contribution in [0.2, 0.25) is 0 Å². The third kappa shape index (κ3) is 4.52. The summed E-state index contributed by atoms with van der Waals surface area (Å²) >= 11 is 0. The first kappa shape index (κ1) is 19.5. The second kappa shape index (κ2) is 8.61. The van der Waals surface area contributed by atoms with Gasteiger partial charge in [-0.3, -0.25) is 4.79 Å². The summed E-state index contributed by atoms with van der Waals surface area (Å²) in [7, 11) is 1.62. The van der Waals surface area contributed by atoms with E-state index in [0.717, 1.165) is 22.6 Å². The Kier molecular flexibility index (Phi) is 5.99. The summed E-state index contributed by atoms with van der Waals surface area (Å²) in [6.45, 7) is 5.89. The Hall–Kier alpha value is -3.28. The monoisotopic (exact) mass is 380 g/mol. The molecule has 1 heterocycles. The van der Waals surface area contributed by atoms with Gasteiger partial charge in [-0.1, -0.05) is 29.4 Å². The van der Waals surface area contributed by atoms with Crippen molar-refractivity contribution in [1.82, 2.24) is 10.5 Å². The van der Waals surface area contributed by atoms with E-state index in [2.05, 4.69) is 10.5 Å². The summed E-state index contributed by atoms with van der Waals surface area (Å²) in [4.78, 5) is 12.7. The van der Waals surface area contributed by atoms with Crippen LogP contribution in [0.15, 0.2) is 53.1 Å². The standard InChI is InChI=1S/C22H24N2O4/c1-14-6-5-7-19(12-14)27-13-20-16(3)28-24-21(20)22(25)23-15(2)17-8-10-18(26-4)11-9-17/h5-12,15H,13H2,1-4H3,(H,23,25). The van der Waals surface area contributed by atoms with Crippen LogP contribution in [0, 0.1) is 13.8 Å². The number of rotatable bonds is 7. The van der Waals surface area contributed by atoms with Crippen LogP contribution in [0.1, 0.15) is 45.9 Å². The van der Waals surface area contributed by atoms with Crippen molar-refractivity contribution >= 4 is 5.91 Å². The number of benzene rings is 2. The van der Waals surface area contributed by atoms with Crippen molar-refractivity contribution in [2.45, 2.75) is 33.4 Å². The summed E-state index contributed by atoms with van der Waals surface area (Å²) in [5.41, 5.74) is 2.95. The molecule has 28 heavy (non-hydrogen) atoms. The molecule has 0 saturated heterocycles. The van der Waals surface area contributed by atoms with Crippen LogP contribution in [-0.4, -0.2) is 18.2 Å². The predicted octanol–water partition coefficient (Wildman–Crippen LogP) is 4.37. The fourth-order valence-corrected chi connectivity index (χ4v) is 2.84. The van der Waals surface area contributed by atoms with Gasteiger partial charge in [-0.05, 0) is 56.2 Å². The van der Waals surface area contributed by atoms with E-state index in [1.54, 1.807) is 14.0 Å². The first-order valence-corrected chi connectivity index (χ1v) is 9.07. The van der Waals surface area contributed by atoms with E-state index in [0.29, 0.717) is 11.3 Å². The molecule has 0 bridgehead atoms. The zero-order valence-corrected chi connectivity index (χ0v) is 16.5. The quantitative estimate of drug-likeness (QED) is 0.659. The van der Waals surface area contributed by atoms with Crippen LogP contribution in [0.25, 0.3) is 0 Å². The number of carbonyl (C=O) groups excluding carboxylic acids is 1. The van der Waals surface area contributed by atoms with Crippen LogP contribution in [0.4, 0.5) is 0 Å². The number of aryl methyl sites for hydroxylation is 2. The zero-order valence-electron chi connectivity index (χ0n) is 16.5. The summed E-state index contributed by atoms with van der Waals surface area (Å²) < 4.78 is 16.2. The Bertz CT molecular complexity index is 947. The van der Waals surface area contributed by atoms with Crippen LogP contribution in [0.3, 0.4) is 0 Å². The molecule has 1 unspecified atom stereocenters. The highest BCUT2D eigenvalue weighted by Gasteiger charge is 2.22. The number of carbonyl (C=O) groups is 1. The molecule has 0 aliphatic carbocycles. The van der Waals surface area contributed by atoms with E-state index in [9.17, 15) is 4.79 Å². The van der Waals surface area contributed by atoms with Gasteiger partial charge in [0.05, 0.1) is 18.7 Å².